The van der Waals surface area contributed by atoms with Gasteiger partial charge in [0.2, 0.25) is 6.79 Å². The molecule has 2 aliphatic rings. The molecule has 2 heterocycles. The van der Waals surface area contributed by atoms with Crippen molar-refractivity contribution in [2.45, 2.75) is 13.0 Å². The minimum absolute atomic E-state index is 0.0731. The third-order valence-corrected chi connectivity index (χ3v) is 4.12. The molecule has 0 bridgehead atoms. The Bertz CT molecular complexity index is 819. The van der Waals surface area contributed by atoms with Crippen molar-refractivity contribution in [3.8, 4) is 23.0 Å². The van der Waals surface area contributed by atoms with E-state index in [4.69, 9.17) is 35.3 Å². The van der Waals surface area contributed by atoms with E-state index in [1.807, 2.05) is 0 Å². The van der Waals surface area contributed by atoms with E-state index in [9.17, 15) is 4.79 Å². The van der Waals surface area contributed by atoms with Gasteiger partial charge in [-0.05, 0) is 35.9 Å². The molecule has 0 aromatic heterocycles. The number of carbonyl (C=O) groups excluding carboxylic acids is 1. The lowest BCUT2D eigenvalue weighted by Crippen LogP contribution is -2.05. The molecule has 25 heavy (non-hydrogen) atoms. The first-order valence-electron chi connectivity index (χ1n) is 7.85. The summed E-state index contributed by atoms with van der Waals surface area (Å²) >= 11 is 6.24. The molecular weight excluding hydrogens is 348 g/mol. The van der Waals surface area contributed by atoms with Gasteiger partial charge < -0.3 is 23.7 Å². The van der Waals surface area contributed by atoms with Crippen molar-refractivity contribution < 1.29 is 28.5 Å². The summed E-state index contributed by atoms with van der Waals surface area (Å²) in [6.45, 7) is 1.35. The Morgan fingerprint density at radius 1 is 1.00 bits per heavy atom. The zero-order valence-electron chi connectivity index (χ0n) is 13.2. The zero-order chi connectivity index (χ0) is 17.2. The number of benzene rings is 2. The van der Waals surface area contributed by atoms with Crippen LogP contribution in [0, 0.1) is 0 Å². The summed E-state index contributed by atoms with van der Waals surface area (Å²) in [5.74, 6) is 1.80. The summed E-state index contributed by atoms with van der Waals surface area (Å²) in [4.78, 5) is 12.2. The van der Waals surface area contributed by atoms with Gasteiger partial charge in [-0.1, -0.05) is 11.6 Å². The topological polar surface area (TPSA) is 63.2 Å². The van der Waals surface area contributed by atoms with Gasteiger partial charge in [-0.25, -0.2) is 4.79 Å². The Morgan fingerprint density at radius 2 is 1.84 bits per heavy atom. The van der Waals surface area contributed by atoms with E-state index >= 15 is 0 Å². The van der Waals surface area contributed by atoms with Crippen LogP contribution in [0.5, 0.6) is 23.0 Å². The minimum atomic E-state index is -0.457. The largest absolute Gasteiger partial charge is 0.489 e. The molecule has 0 unspecified atom stereocenters. The normalized spacial score (nSPS) is 14.8. The van der Waals surface area contributed by atoms with E-state index in [1.165, 1.54) is 0 Å². The minimum Gasteiger partial charge on any atom is -0.489 e. The number of fused-ring (bicyclic) bond motifs is 2. The summed E-state index contributed by atoms with van der Waals surface area (Å²) < 4.78 is 27.1. The number of esters is 1. The lowest BCUT2D eigenvalue weighted by Gasteiger charge is -2.12. The van der Waals surface area contributed by atoms with Crippen LogP contribution in [-0.2, 0) is 11.3 Å². The van der Waals surface area contributed by atoms with Crippen LogP contribution >= 0.6 is 11.6 Å². The summed E-state index contributed by atoms with van der Waals surface area (Å²) in [5, 5.41) is 0.438. The van der Waals surface area contributed by atoms with Gasteiger partial charge in [-0.15, -0.1) is 0 Å². The highest BCUT2D eigenvalue weighted by molar-refractivity contribution is 6.32. The van der Waals surface area contributed by atoms with Crippen LogP contribution in [0.3, 0.4) is 0 Å². The third-order valence-electron chi connectivity index (χ3n) is 3.84. The Labute approximate surface area is 149 Å². The van der Waals surface area contributed by atoms with Crippen molar-refractivity contribution >= 4 is 17.6 Å². The maximum absolute atomic E-state index is 12.2. The van der Waals surface area contributed by atoms with E-state index in [0.29, 0.717) is 46.8 Å². The highest BCUT2D eigenvalue weighted by Crippen LogP contribution is 2.38. The average Bonchev–Trinajstić information content (AvgIpc) is 2.95. The molecule has 0 atom stereocenters. The molecule has 2 aromatic carbocycles. The van der Waals surface area contributed by atoms with Crippen LogP contribution in [-0.4, -0.2) is 26.0 Å². The molecule has 2 aliphatic heterocycles. The van der Waals surface area contributed by atoms with Crippen molar-refractivity contribution in [3.63, 3.8) is 0 Å². The second-order valence-corrected chi connectivity index (χ2v) is 6.01. The first kappa shape index (κ1) is 15.9. The Balaban J connectivity index is 1.47. The van der Waals surface area contributed by atoms with Crippen LogP contribution in [0.15, 0.2) is 30.3 Å². The summed E-state index contributed by atoms with van der Waals surface area (Å²) in [6, 6.07) is 8.41. The van der Waals surface area contributed by atoms with Gasteiger partial charge in [0.1, 0.15) is 6.61 Å². The van der Waals surface area contributed by atoms with Crippen molar-refractivity contribution in [2.24, 2.45) is 0 Å². The van der Waals surface area contributed by atoms with Crippen LogP contribution in [0.4, 0.5) is 0 Å². The molecule has 0 saturated carbocycles. The molecule has 4 rings (SSSR count). The highest BCUT2D eigenvalue weighted by atomic mass is 35.5. The smallest absolute Gasteiger partial charge is 0.338 e. The molecule has 0 N–H and O–H groups in total. The lowest BCUT2D eigenvalue weighted by molar-refractivity contribution is 0.0472. The van der Waals surface area contributed by atoms with E-state index in [1.54, 1.807) is 30.3 Å². The summed E-state index contributed by atoms with van der Waals surface area (Å²) in [7, 11) is 0. The van der Waals surface area contributed by atoms with Gasteiger partial charge in [0.25, 0.3) is 0 Å². The second kappa shape index (κ2) is 6.72. The molecule has 0 fully saturated rings. The predicted octanol–water partition coefficient (Wildman–Crippen LogP) is 3.59. The number of hydrogen-bond acceptors (Lipinski definition) is 6. The molecule has 0 radical (unpaired) electrons. The molecule has 2 aromatic rings. The van der Waals surface area contributed by atoms with Crippen LogP contribution < -0.4 is 18.9 Å². The molecule has 0 spiro atoms. The van der Waals surface area contributed by atoms with E-state index < -0.39 is 5.97 Å². The fourth-order valence-electron chi connectivity index (χ4n) is 2.62. The van der Waals surface area contributed by atoms with E-state index in [-0.39, 0.29) is 13.4 Å². The van der Waals surface area contributed by atoms with Gasteiger partial charge in [0, 0.05) is 6.42 Å². The highest BCUT2D eigenvalue weighted by Gasteiger charge is 2.19. The molecule has 0 saturated heterocycles. The number of carbonyl (C=O) groups is 1. The van der Waals surface area contributed by atoms with Crippen molar-refractivity contribution in [1.29, 1.82) is 0 Å². The van der Waals surface area contributed by atoms with Gasteiger partial charge in [-0.2, -0.15) is 0 Å². The molecule has 130 valence electrons. The van der Waals surface area contributed by atoms with Gasteiger partial charge in [-0.3, -0.25) is 0 Å². The van der Waals surface area contributed by atoms with Gasteiger partial charge >= 0.3 is 5.97 Å². The third kappa shape index (κ3) is 3.30. The number of hydrogen-bond donors (Lipinski definition) is 0. The maximum Gasteiger partial charge on any atom is 0.338 e. The predicted molar refractivity (Wildman–Crippen MR) is 88.7 cm³/mol. The zero-order valence-corrected chi connectivity index (χ0v) is 14.0. The standard InChI is InChI=1S/C18H15ClO6/c19-13-6-11(7-16-17(13)22-5-1-4-21-16)9-23-18(20)12-2-3-14-15(8-12)25-10-24-14/h2-3,6-8H,1,4-5,9-10H2. The van der Waals surface area contributed by atoms with Gasteiger partial charge in [0.15, 0.2) is 23.0 Å². The first-order chi connectivity index (χ1) is 12.2. The van der Waals surface area contributed by atoms with Gasteiger partial charge in [0.05, 0.1) is 23.8 Å². The molecule has 6 nitrogen and oxygen atoms in total. The Kier molecular flexibility index (Phi) is 4.28. The fourth-order valence-corrected chi connectivity index (χ4v) is 2.91. The van der Waals surface area contributed by atoms with E-state index in [0.717, 1.165) is 12.0 Å². The van der Waals surface area contributed by atoms with Crippen LogP contribution in [0.25, 0.3) is 0 Å². The SMILES string of the molecule is O=C(OCc1cc(Cl)c2c(c1)OCCCO2)c1ccc2c(c1)OCO2. The summed E-state index contributed by atoms with van der Waals surface area (Å²) in [6.07, 6.45) is 0.791. The quantitative estimate of drug-likeness (QED) is 0.777. The monoisotopic (exact) mass is 362 g/mol. The molecule has 7 heteroatoms. The molecule has 0 amide bonds. The first-order valence-corrected chi connectivity index (χ1v) is 8.23. The Morgan fingerprint density at radius 3 is 2.76 bits per heavy atom. The van der Waals surface area contributed by atoms with Crippen molar-refractivity contribution in [2.75, 3.05) is 20.0 Å². The number of ether oxygens (including phenoxy) is 5. The summed E-state index contributed by atoms with van der Waals surface area (Å²) in [5.41, 5.74) is 1.12. The second-order valence-electron chi connectivity index (χ2n) is 5.60. The number of halogens is 1. The van der Waals surface area contributed by atoms with Crippen molar-refractivity contribution in [1.82, 2.24) is 0 Å². The van der Waals surface area contributed by atoms with E-state index in [2.05, 4.69) is 0 Å². The average molecular weight is 363 g/mol. The Hall–Kier alpha value is -2.60. The molecule has 0 aliphatic carbocycles. The van der Waals surface area contributed by atoms with Crippen LogP contribution in [0.1, 0.15) is 22.3 Å². The lowest BCUT2D eigenvalue weighted by atomic mass is 10.2. The van der Waals surface area contributed by atoms with Crippen LogP contribution in [0.2, 0.25) is 5.02 Å². The number of rotatable bonds is 3. The van der Waals surface area contributed by atoms with Crippen molar-refractivity contribution in [3.05, 3.63) is 46.5 Å². The fraction of sp³-hybridized carbons (Fsp3) is 0.278. The molecular formula is C18H15ClO6. The maximum atomic E-state index is 12.2.